The van der Waals surface area contributed by atoms with Crippen molar-refractivity contribution in [2.75, 3.05) is 0 Å². The molecule has 6 heteroatoms. The summed E-state index contributed by atoms with van der Waals surface area (Å²) < 4.78 is 5.88. The first-order chi connectivity index (χ1) is 11.0. The minimum absolute atomic E-state index is 0. The molecule has 0 unspecified atom stereocenters. The maximum Gasteiger partial charge on any atom is 1.00 e. The first-order valence-corrected chi connectivity index (χ1v) is 7.18. The van der Waals surface area contributed by atoms with Gasteiger partial charge in [-0.1, -0.05) is 13.8 Å². The van der Waals surface area contributed by atoms with E-state index in [1.54, 1.807) is 18.2 Å². The fourth-order valence-electron chi connectivity index (χ4n) is 2.43. The molecule has 24 heavy (non-hydrogen) atoms. The summed E-state index contributed by atoms with van der Waals surface area (Å²) in [5, 5.41) is 18.1. The Hall–Kier alpha value is -2.53. The molecule has 1 N–H and O–H groups in total. The molecule has 0 radical (unpaired) electrons. The third-order valence-electron chi connectivity index (χ3n) is 3.65. The largest absolute Gasteiger partial charge is 1.00 e. The Morgan fingerprint density at radius 3 is 2.50 bits per heavy atom. The normalized spacial score (nSPS) is 10.4. The van der Waals surface area contributed by atoms with Crippen molar-refractivity contribution in [3.05, 3.63) is 53.1 Å². The third-order valence-corrected chi connectivity index (χ3v) is 3.65. The number of fused-ring (bicyclic) bond motifs is 1. The first-order valence-electron chi connectivity index (χ1n) is 7.18. The smallest absolute Gasteiger partial charge is 1.00 e. The molecule has 116 valence electrons. The van der Waals surface area contributed by atoms with Crippen LogP contribution in [-0.2, 0) is 0 Å². The van der Waals surface area contributed by atoms with Crippen molar-refractivity contribution in [1.82, 2.24) is 4.98 Å². The molecule has 0 saturated carbocycles. The van der Waals surface area contributed by atoms with Crippen LogP contribution in [-0.4, -0.2) is 16.1 Å². The molecule has 0 aliphatic carbocycles. The van der Waals surface area contributed by atoms with Crippen LogP contribution in [0.15, 0.2) is 40.8 Å². The molecular formula is C18H15LiN2O3. The van der Waals surface area contributed by atoms with E-state index in [-0.39, 0.29) is 31.8 Å². The monoisotopic (exact) mass is 314 g/mol. The number of rotatable bonds is 3. The number of oxazole rings is 1. The van der Waals surface area contributed by atoms with Gasteiger partial charge < -0.3 is 11.0 Å². The van der Waals surface area contributed by atoms with E-state index in [1.165, 1.54) is 12.1 Å². The number of nitriles is 1. The van der Waals surface area contributed by atoms with E-state index >= 15 is 0 Å². The summed E-state index contributed by atoms with van der Waals surface area (Å²) in [5.41, 5.74) is 3.67. The molecule has 0 aliphatic rings. The van der Waals surface area contributed by atoms with Crippen molar-refractivity contribution in [2.45, 2.75) is 19.8 Å². The Kier molecular flexibility index (Phi) is 5.14. The summed E-state index contributed by atoms with van der Waals surface area (Å²) >= 11 is 0. The third kappa shape index (κ3) is 3.21. The van der Waals surface area contributed by atoms with Gasteiger partial charge in [-0.05, 0) is 42.3 Å². The molecule has 1 aromatic heterocycles. The number of nitrogens with zero attached hydrogens (tertiary/aromatic N) is 2. The van der Waals surface area contributed by atoms with E-state index in [4.69, 9.17) is 14.8 Å². The summed E-state index contributed by atoms with van der Waals surface area (Å²) in [4.78, 5) is 15.4. The van der Waals surface area contributed by atoms with Gasteiger partial charge in [0.15, 0.2) is 5.58 Å². The van der Waals surface area contributed by atoms with Crippen LogP contribution in [0.3, 0.4) is 0 Å². The van der Waals surface area contributed by atoms with Crippen LogP contribution in [0.25, 0.3) is 22.6 Å². The molecule has 0 atom stereocenters. The standard InChI is InChI=1S/C18H14N2O3.Li.H/c1-10(2)14-7-11(9-19)8-15-16(14)23-17(20-15)12-3-5-13(6-4-12)18(21)22;;/h3-8,10H,1-2H3,(H,21,22);;/q;+1;-1. The van der Waals surface area contributed by atoms with Crippen LogP contribution < -0.4 is 18.9 Å². The van der Waals surface area contributed by atoms with Crippen LogP contribution in [0.1, 0.15) is 42.7 Å². The molecule has 3 rings (SSSR count). The molecule has 2 aromatic carbocycles. The number of aromatic carboxylic acids is 1. The number of carbonyl (C=O) groups is 1. The van der Waals surface area contributed by atoms with Gasteiger partial charge in [0, 0.05) is 11.1 Å². The molecule has 0 spiro atoms. The second-order valence-electron chi connectivity index (χ2n) is 5.58. The van der Waals surface area contributed by atoms with Gasteiger partial charge in [0.2, 0.25) is 5.89 Å². The van der Waals surface area contributed by atoms with E-state index in [0.29, 0.717) is 28.1 Å². The summed E-state index contributed by atoms with van der Waals surface area (Å²) in [7, 11) is 0. The first kappa shape index (κ1) is 17.8. The topological polar surface area (TPSA) is 87.1 Å². The molecule has 0 bridgehead atoms. The Morgan fingerprint density at radius 1 is 1.29 bits per heavy atom. The molecule has 0 amide bonds. The molecule has 0 fully saturated rings. The maximum absolute atomic E-state index is 10.9. The molecule has 5 nitrogen and oxygen atoms in total. The maximum atomic E-state index is 10.9. The number of benzene rings is 2. The van der Waals surface area contributed by atoms with Crippen molar-refractivity contribution < 1.29 is 34.6 Å². The van der Waals surface area contributed by atoms with Crippen molar-refractivity contribution in [3.8, 4) is 17.5 Å². The Balaban J connectivity index is 0.00000156. The van der Waals surface area contributed by atoms with Crippen molar-refractivity contribution >= 4 is 17.1 Å². The zero-order chi connectivity index (χ0) is 16.6. The minimum atomic E-state index is -0.977. The van der Waals surface area contributed by atoms with Gasteiger partial charge in [-0.2, -0.15) is 5.26 Å². The van der Waals surface area contributed by atoms with Gasteiger partial charge in [-0.15, -0.1) is 0 Å². The van der Waals surface area contributed by atoms with Crippen molar-refractivity contribution in [2.24, 2.45) is 0 Å². The van der Waals surface area contributed by atoms with Crippen LogP contribution in [0, 0.1) is 11.3 Å². The van der Waals surface area contributed by atoms with Gasteiger partial charge in [0.1, 0.15) is 5.52 Å². The zero-order valence-electron chi connectivity index (χ0n) is 14.7. The SMILES string of the molecule is CC(C)c1cc(C#N)cc2nc(-c3ccc(C(=O)O)cc3)oc12.[H-].[Li+]. The molecule has 3 aromatic rings. The quantitative estimate of drug-likeness (QED) is 0.736. The minimum Gasteiger partial charge on any atom is -1.00 e. The van der Waals surface area contributed by atoms with Crippen LogP contribution in [0.2, 0.25) is 0 Å². The number of aromatic nitrogens is 1. The Bertz CT molecular complexity index is 943. The Morgan fingerprint density at radius 2 is 1.96 bits per heavy atom. The predicted molar refractivity (Wildman–Crippen MR) is 86.3 cm³/mol. The predicted octanol–water partition coefficient (Wildman–Crippen LogP) is 1.30. The summed E-state index contributed by atoms with van der Waals surface area (Å²) in [6.07, 6.45) is 0. The molecular weight excluding hydrogens is 299 g/mol. The van der Waals surface area contributed by atoms with E-state index in [2.05, 4.69) is 11.1 Å². The average molecular weight is 314 g/mol. The van der Waals surface area contributed by atoms with E-state index in [9.17, 15) is 4.79 Å². The van der Waals surface area contributed by atoms with Crippen molar-refractivity contribution in [3.63, 3.8) is 0 Å². The fourth-order valence-corrected chi connectivity index (χ4v) is 2.43. The van der Waals surface area contributed by atoms with Crippen LogP contribution in [0.4, 0.5) is 0 Å². The van der Waals surface area contributed by atoms with E-state index < -0.39 is 5.97 Å². The van der Waals surface area contributed by atoms with Gasteiger partial charge in [0.05, 0.1) is 17.2 Å². The summed E-state index contributed by atoms with van der Waals surface area (Å²) in [5.74, 6) is -0.371. The molecule has 1 heterocycles. The zero-order valence-corrected chi connectivity index (χ0v) is 13.7. The number of carboxylic acid groups (broad SMARTS) is 1. The fraction of sp³-hybridized carbons (Fsp3) is 0.167. The number of hydrogen-bond donors (Lipinski definition) is 1. The average Bonchev–Trinajstić information content (AvgIpc) is 2.97. The van der Waals surface area contributed by atoms with Crippen LogP contribution >= 0.6 is 0 Å². The number of carboxylic acids is 1. The van der Waals surface area contributed by atoms with E-state index in [1.807, 2.05) is 19.9 Å². The van der Waals surface area contributed by atoms with Crippen LogP contribution in [0.5, 0.6) is 0 Å². The van der Waals surface area contributed by atoms with E-state index in [0.717, 1.165) is 5.56 Å². The summed E-state index contributed by atoms with van der Waals surface area (Å²) in [6.45, 7) is 4.06. The second-order valence-corrected chi connectivity index (χ2v) is 5.58. The molecule has 0 saturated heterocycles. The van der Waals surface area contributed by atoms with Gasteiger partial charge in [0.25, 0.3) is 0 Å². The van der Waals surface area contributed by atoms with Gasteiger partial charge >= 0.3 is 24.8 Å². The van der Waals surface area contributed by atoms with Gasteiger partial charge in [-0.25, -0.2) is 9.78 Å². The van der Waals surface area contributed by atoms with Gasteiger partial charge in [-0.3, -0.25) is 0 Å². The Labute approximate surface area is 152 Å². The second kappa shape index (κ2) is 6.93. The molecule has 0 aliphatic heterocycles. The number of hydrogen-bond acceptors (Lipinski definition) is 4. The van der Waals surface area contributed by atoms with Crippen molar-refractivity contribution in [1.29, 1.82) is 5.26 Å². The summed E-state index contributed by atoms with van der Waals surface area (Å²) in [6, 6.07) is 12.0.